The zero-order valence-electron chi connectivity index (χ0n) is 4.22. The summed E-state index contributed by atoms with van der Waals surface area (Å²) in [5.74, 6) is 0. The van der Waals surface area contributed by atoms with Crippen molar-refractivity contribution >= 4 is 0 Å². The largest absolute Gasteiger partial charge is 0.355 e. The van der Waals surface area contributed by atoms with E-state index in [-0.39, 0.29) is 0 Å². The third-order valence-corrected chi connectivity index (χ3v) is 0.869. The van der Waals surface area contributed by atoms with Crippen molar-refractivity contribution < 1.29 is 9.47 Å². The summed E-state index contributed by atoms with van der Waals surface area (Å²) in [7, 11) is 0. The van der Waals surface area contributed by atoms with Gasteiger partial charge in [-0.05, 0) is 12.8 Å². The molecule has 1 aliphatic heterocycles. The second-order valence-corrected chi connectivity index (χ2v) is 1.47. The molecule has 2 heteroatoms. The van der Waals surface area contributed by atoms with Crippen LogP contribution in [0.2, 0.25) is 0 Å². The van der Waals surface area contributed by atoms with Gasteiger partial charge in [-0.2, -0.15) is 0 Å². The molecule has 0 aromatic rings. The molecule has 0 N–H and O–H groups in total. The molecule has 1 saturated heterocycles. The summed E-state index contributed by atoms with van der Waals surface area (Å²) in [6.45, 7) is 2.04. The van der Waals surface area contributed by atoms with Crippen molar-refractivity contribution in [3.63, 3.8) is 0 Å². The van der Waals surface area contributed by atoms with Crippen LogP contribution in [0.4, 0.5) is 0 Å². The minimum Gasteiger partial charge on any atom is -0.355 e. The first-order valence-electron chi connectivity index (χ1n) is 2.47. The van der Waals surface area contributed by atoms with Gasteiger partial charge in [0.15, 0.2) is 0 Å². The zero-order chi connectivity index (χ0) is 4.95. The Morgan fingerprint density at radius 3 is 3.29 bits per heavy atom. The van der Waals surface area contributed by atoms with Gasteiger partial charge in [-0.15, -0.1) is 0 Å². The smallest absolute Gasteiger partial charge is 0.146 e. The van der Waals surface area contributed by atoms with Crippen LogP contribution < -0.4 is 0 Å². The van der Waals surface area contributed by atoms with Gasteiger partial charge in [0.2, 0.25) is 0 Å². The second kappa shape index (κ2) is 2.99. The molecule has 1 heterocycles. The van der Waals surface area contributed by atoms with E-state index in [9.17, 15) is 0 Å². The van der Waals surface area contributed by atoms with Gasteiger partial charge in [-0.3, -0.25) is 0 Å². The topological polar surface area (TPSA) is 18.5 Å². The van der Waals surface area contributed by atoms with Crippen molar-refractivity contribution in [1.82, 2.24) is 0 Å². The molecule has 0 unspecified atom stereocenters. The molecule has 0 saturated carbocycles. The van der Waals surface area contributed by atoms with Gasteiger partial charge < -0.3 is 9.47 Å². The van der Waals surface area contributed by atoms with E-state index in [0.717, 1.165) is 19.6 Å². The molecule has 2 nitrogen and oxygen atoms in total. The van der Waals surface area contributed by atoms with E-state index in [1.807, 2.05) is 0 Å². The Labute approximate surface area is 43.4 Å². The van der Waals surface area contributed by atoms with Crippen LogP contribution >= 0.6 is 0 Å². The third kappa shape index (κ3) is 1.90. The number of hydrogen-bond acceptors (Lipinski definition) is 2. The molecule has 1 rings (SSSR count). The lowest BCUT2D eigenvalue weighted by molar-refractivity contribution is -0.0295. The van der Waals surface area contributed by atoms with Crippen LogP contribution in [-0.2, 0) is 9.47 Å². The SMILES string of the molecule is [CH]1CCOCOC1. The van der Waals surface area contributed by atoms with Crippen LogP contribution in [0.5, 0.6) is 0 Å². The van der Waals surface area contributed by atoms with Crippen molar-refractivity contribution in [2.24, 2.45) is 0 Å². The fourth-order valence-corrected chi connectivity index (χ4v) is 0.499. The van der Waals surface area contributed by atoms with Crippen molar-refractivity contribution in [3.8, 4) is 0 Å². The number of ether oxygens (including phenoxy) is 2. The maximum absolute atomic E-state index is 4.94. The zero-order valence-corrected chi connectivity index (χ0v) is 4.22. The van der Waals surface area contributed by atoms with Crippen molar-refractivity contribution in [3.05, 3.63) is 6.42 Å². The van der Waals surface area contributed by atoms with E-state index >= 15 is 0 Å². The first-order chi connectivity index (χ1) is 3.50. The van der Waals surface area contributed by atoms with E-state index in [1.165, 1.54) is 0 Å². The first-order valence-corrected chi connectivity index (χ1v) is 2.47. The van der Waals surface area contributed by atoms with Gasteiger partial charge in [0.05, 0.1) is 6.61 Å². The molecule has 7 heavy (non-hydrogen) atoms. The molecule has 0 spiro atoms. The van der Waals surface area contributed by atoms with Crippen molar-refractivity contribution in [1.29, 1.82) is 0 Å². The maximum atomic E-state index is 4.94. The standard InChI is InChI=1S/C5H9O2/c1-2-4-7-5-6-3-1/h1H,2-5H2. The predicted octanol–water partition coefficient (Wildman–Crippen LogP) is 0.585. The quantitative estimate of drug-likeness (QED) is 0.444. The van der Waals surface area contributed by atoms with E-state index in [0.29, 0.717) is 6.79 Å². The van der Waals surface area contributed by atoms with Gasteiger partial charge in [-0.25, -0.2) is 0 Å². The molecule has 1 aliphatic rings. The Hall–Kier alpha value is -0.0800. The summed E-state index contributed by atoms with van der Waals surface area (Å²) in [5, 5.41) is 0. The number of hydrogen-bond donors (Lipinski definition) is 0. The summed E-state index contributed by atoms with van der Waals surface area (Å²) in [5.41, 5.74) is 0. The van der Waals surface area contributed by atoms with E-state index in [4.69, 9.17) is 9.47 Å². The highest BCUT2D eigenvalue weighted by molar-refractivity contribution is 4.62. The fourth-order valence-electron chi connectivity index (χ4n) is 0.499. The van der Waals surface area contributed by atoms with E-state index < -0.39 is 0 Å². The van der Waals surface area contributed by atoms with E-state index in [2.05, 4.69) is 6.42 Å². The minimum absolute atomic E-state index is 0.469. The van der Waals surface area contributed by atoms with Gasteiger partial charge in [0.1, 0.15) is 6.79 Å². The molecular weight excluding hydrogens is 92.1 g/mol. The van der Waals surface area contributed by atoms with Crippen LogP contribution in [0.3, 0.4) is 0 Å². The van der Waals surface area contributed by atoms with Gasteiger partial charge in [-0.1, -0.05) is 0 Å². The Bertz CT molecular complexity index is 25.7. The molecule has 0 atom stereocenters. The predicted molar refractivity (Wildman–Crippen MR) is 25.7 cm³/mol. The molecule has 1 fully saturated rings. The van der Waals surface area contributed by atoms with Crippen LogP contribution in [0.15, 0.2) is 0 Å². The highest BCUT2D eigenvalue weighted by Gasteiger charge is 1.94. The summed E-state index contributed by atoms with van der Waals surface area (Å²) in [4.78, 5) is 0. The van der Waals surface area contributed by atoms with Crippen LogP contribution in [0.25, 0.3) is 0 Å². The Morgan fingerprint density at radius 2 is 2.29 bits per heavy atom. The Balaban J connectivity index is 2.04. The normalized spacial score (nSPS) is 24.0. The Morgan fingerprint density at radius 1 is 1.29 bits per heavy atom. The fraction of sp³-hybridized carbons (Fsp3) is 0.800. The average Bonchev–Trinajstić information content (AvgIpc) is 1.90. The van der Waals surface area contributed by atoms with Gasteiger partial charge >= 0.3 is 0 Å². The molecule has 0 bridgehead atoms. The minimum atomic E-state index is 0.469. The second-order valence-electron chi connectivity index (χ2n) is 1.47. The molecule has 41 valence electrons. The molecule has 1 radical (unpaired) electrons. The van der Waals surface area contributed by atoms with Crippen LogP contribution in [-0.4, -0.2) is 20.0 Å². The lowest BCUT2D eigenvalue weighted by Gasteiger charge is -1.93. The third-order valence-electron chi connectivity index (χ3n) is 0.869. The monoisotopic (exact) mass is 101 g/mol. The summed E-state index contributed by atoms with van der Waals surface area (Å²) < 4.78 is 9.86. The van der Waals surface area contributed by atoms with Gasteiger partial charge in [0, 0.05) is 6.61 Å². The molecule has 0 aromatic heterocycles. The lowest BCUT2D eigenvalue weighted by Crippen LogP contribution is -1.93. The van der Waals surface area contributed by atoms with Crippen LogP contribution in [0.1, 0.15) is 6.42 Å². The molecule has 0 aliphatic carbocycles. The summed E-state index contributed by atoms with van der Waals surface area (Å²) in [6.07, 6.45) is 3.10. The maximum Gasteiger partial charge on any atom is 0.146 e. The van der Waals surface area contributed by atoms with Gasteiger partial charge in [0.25, 0.3) is 0 Å². The molecular formula is C5H9O2. The Kier molecular flexibility index (Phi) is 2.17. The summed E-state index contributed by atoms with van der Waals surface area (Å²) >= 11 is 0. The highest BCUT2D eigenvalue weighted by atomic mass is 16.7. The average molecular weight is 101 g/mol. The van der Waals surface area contributed by atoms with Crippen molar-refractivity contribution in [2.45, 2.75) is 6.42 Å². The van der Waals surface area contributed by atoms with E-state index in [1.54, 1.807) is 0 Å². The van der Waals surface area contributed by atoms with Crippen molar-refractivity contribution in [2.75, 3.05) is 20.0 Å². The summed E-state index contributed by atoms with van der Waals surface area (Å²) in [6, 6.07) is 0. The molecule has 0 aromatic carbocycles. The highest BCUT2D eigenvalue weighted by Crippen LogP contribution is 1.94. The number of rotatable bonds is 0. The van der Waals surface area contributed by atoms with Crippen LogP contribution in [0, 0.1) is 6.42 Å². The first kappa shape index (κ1) is 5.06. The lowest BCUT2D eigenvalue weighted by atomic mass is 10.3. The molecule has 0 amide bonds.